The Morgan fingerprint density at radius 3 is 1.69 bits per heavy atom. The molecule has 2 nitrogen and oxygen atoms in total. The van der Waals surface area contributed by atoms with Crippen LogP contribution in [0.5, 0.6) is 0 Å². The summed E-state index contributed by atoms with van der Waals surface area (Å²) in [5.41, 5.74) is 5.12. The van der Waals surface area contributed by atoms with E-state index < -0.39 is 0 Å². The SMILES string of the molecule is C=Cc1cc(N(c2ccccc2)c2ccccc2)c2ccccc2c1N=C.CC. The molecule has 4 aromatic rings. The molecule has 0 N–H and O–H groups in total. The van der Waals surface area contributed by atoms with Gasteiger partial charge in [0.15, 0.2) is 0 Å². The molecule has 0 aromatic heterocycles. The van der Waals surface area contributed by atoms with E-state index in [1.54, 1.807) is 0 Å². The summed E-state index contributed by atoms with van der Waals surface area (Å²) in [6, 6.07) is 31.2. The Bertz CT molecular complexity index is 1060. The van der Waals surface area contributed by atoms with E-state index in [0.717, 1.165) is 39.1 Å². The first-order valence-corrected chi connectivity index (χ1v) is 9.88. The average molecular weight is 379 g/mol. The van der Waals surface area contributed by atoms with Gasteiger partial charge in [0.05, 0.1) is 11.4 Å². The number of fused-ring (bicyclic) bond motifs is 1. The quantitative estimate of drug-likeness (QED) is 0.319. The van der Waals surface area contributed by atoms with Gasteiger partial charge >= 0.3 is 0 Å². The maximum absolute atomic E-state index is 4.28. The van der Waals surface area contributed by atoms with Gasteiger partial charge in [0.1, 0.15) is 0 Å². The minimum absolute atomic E-state index is 0.866. The van der Waals surface area contributed by atoms with E-state index in [1.807, 2.05) is 38.1 Å². The van der Waals surface area contributed by atoms with Gasteiger partial charge in [0.25, 0.3) is 0 Å². The second kappa shape index (κ2) is 9.52. The van der Waals surface area contributed by atoms with Gasteiger partial charge in [-0.15, -0.1) is 0 Å². The molecule has 144 valence electrons. The van der Waals surface area contributed by atoms with E-state index >= 15 is 0 Å². The fraction of sp³-hybridized carbons (Fsp3) is 0.0741. The number of para-hydroxylation sites is 2. The first kappa shape index (κ1) is 20.1. The third-order valence-electron chi connectivity index (χ3n) is 4.67. The molecular formula is C27H26N2. The van der Waals surface area contributed by atoms with Gasteiger partial charge in [0, 0.05) is 27.7 Å². The normalized spacial score (nSPS) is 10.0. The zero-order valence-corrected chi connectivity index (χ0v) is 17.0. The van der Waals surface area contributed by atoms with Crippen LogP contribution in [0.4, 0.5) is 22.7 Å². The van der Waals surface area contributed by atoms with Crippen LogP contribution in [-0.2, 0) is 0 Å². The molecule has 0 atom stereocenters. The average Bonchev–Trinajstić information content (AvgIpc) is 2.81. The summed E-state index contributed by atoms with van der Waals surface area (Å²) in [5.74, 6) is 0. The zero-order chi connectivity index (χ0) is 20.6. The van der Waals surface area contributed by atoms with E-state index in [0.29, 0.717) is 0 Å². The first-order valence-electron chi connectivity index (χ1n) is 9.88. The third-order valence-corrected chi connectivity index (χ3v) is 4.67. The fourth-order valence-corrected chi connectivity index (χ4v) is 3.46. The Morgan fingerprint density at radius 2 is 1.21 bits per heavy atom. The van der Waals surface area contributed by atoms with Crippen LogP contribution in [-0.4, -0.2) is 6.72 Å². The van der Waals surface area contributed by atoms with E-state index in [-0.39, 0.29) is 0 Å². The van der Waals surface area contributed by atoms with Crippen LogP contribution in [0.15, 0.2) is 103 Å². The number of rotatable bonds is 5. The zero-order valence-electron chi connectivity index (χ0n) is 17.0. The summed E-state index contributed by atoms with van der Waals surface area (Å²) >= 11 is 0. The second-order valence-corrected chi connectivity index (χ2v) is 6.25. The molecule has 0 spiro atoms. The summed E-state index contributed by atoms with van der Waals surface area (Å²) in [7, 11) is 0. The van der Waals surface area contributed by atoms with Crippen molar-refractivity contribution in [3.05, 3.63) is 103 Å². The monoisotopic (exact) mass is 378 g/mol. The van der Waals surface area contributed by atoms with Crippen molar-refractivity contribution in [3.63, 3.8) is 0 Å². The number of anilines is 3. The minimum Gasteiger partial charge on any atom is -0.310 e. The van der Waals surface area contributed by atoms with Gasteiger partial charge < -0.3 is 4.90 Å². The van der Waals surface area contributed by atoms with Gasteiger partial charge in [-0.1, -0.05) is 87.2 Å². The largest absolute Gasteiger partial charge is 0.310 e. The molecular weight excluding hydrogens is 352 g/mol. The highest BCUT2D eigenvalue weighted by Crippen LogP contribution is 2.43. The maximum Gasteiger partial charge on any atom is 0.0774 e. The van der Waals surface area contributed by atoms with Crippen molar-refractivity contribution >= 4 is 46.3 Å². The molecule has 0 fully saturated rings. The number of hydrogen-bond donors (Lipinski definition) is 0. The van der Waals surface area contributed by atoms with E-state index in [2.05, 4.69) is 96.0 Å². The number of aliphatic imine (C=N–C) groups is 1. The smallest absolute Gasteiger partial charge is 0.0774 e. The summed E-state index contributed by atoms with van der Waals surface area (Å²) in [6.45, 7) is 11.8. The Labute approximate surface area is 173 Å². The molecule has 0 aliphatic heterocycles. The molecule has 0 unspecified atom stereocenters. The lowest BCUT2D eigenvalue weighted by Crippen LogP contribution is -2.10. The lowest BCUT2D eigenvalue weighted by atomic mass is 10.00. The van der Waals surface area contributed by atoms with Crippen LogP contribution in [0.3, 0.4) is 0 Å². The molecule has 2 heteroatoms. The molecule has 0 heterocycles. The van der Waals surface area contributed by atoms with Crippen LogP contribution in [0.25, 0.3) is 16.8 Å². The third kappa shape index (κ3) is 3.97. The number of benzene rings is 4. The van der Waals surface area contributed by atoms with Gasteiger partial charge in [0.2, 0.25) is 0 Å². The number of nitrogens with zero attached hydrogens (tertiary/aromatic N) is 2. The maximum atomic E-state index is 4.28. The van der Waals surface area contributed by atoms with Crippen LogP contribution >= 0.6 is 0 Å². The van der Waals surface area contributed by atoms with Crippen molar-refractivity contribution in [2.45, 2.75) is 13.8 Å². The van der Waals surface area contributed by atoms with Crippen molar-refractivity contribution in [2.75, 3.05) is 4.90 Å². The molecule has 4 rings (SSSR count). The van der Waals surface area contributed by atoms with Crippen molar-refractivity contribution in [3.8, 4) is 0 Å². The van der Waals surface area contributed by atoms with Crippen LogP contribution < -0.4 is 4.90 Å². The van der Waals surface area contributed by atoms with Gasteiger partial charge in [-0.2, -0.15) is 0 Å². The topological polar surface area (TPSA) is 15.6 Å². The Hall–Kier alpha value is -3.65. The molecule has 0 bridgehead atoms. The summed E-state index contributed by atoms with van der Waals surface area (Å²) in [4.78, 5) is 6.54. The van der Waals surface area contributed by atoms with E-state index in [4.69, 9.17) is 0 Å². The minimum atomic E-state index is 0.866. The Kier molecular flexibility index (Phi) is 6.59. The van der Waals surface area contributed by atoms with E-state index in [1.165, 1.54) is 0 Å². The lowest BCUT2D eigenvalue weighted by Gasteiger charge is -2.27. The van der Waals surface area contributed by atoms with E-state index in [9.17, 15) is 0 Å². The van der Waals surface area contributed by atoms with Crippen molar-refractivity contribution in [2.24, 2.45) is 4.99 Å². The predicted octanol–water partition coefficient (Wildman–Crippen LogP) is 8.31. The van der Waals surface area contributed by atoms with Crippen molar-refractivity contribution in [1.82, 2.24) is 0 Å². The van der Waals surface area contributed by atoms with Crippen molar-refractivity contribution < 1.29 is 0 Å². The van der Waals surface area contributed by atoms with Crippen LogP contribution in [0.2, 0.25) is 0 Å². The highest BCUT2D eigenvalue weighted by molar-refractivity contribution is 6.07. The molecule has 4 aromatic carbocycles. The molecule has 0 radical (unpaired) electrons. The fourth-order valence-electron chi connectivity index (χ4n) is 3.46. The Balaban J connectivity index is 0.00000117. The highest BCUT2D eigenvalue weighted by Gasteiger charge is 2.17. The van der Waals surface area contributed by atoms with Gasteiger partial charge in [-0.3, -0.25) is 4.99 Å². The highest BCUT2D eigenvalue weighted by atomic mass is 15.1. The van der Waals surface area contributed by atoms with Crippen LogP contribution in [0.1, 0.15) is 19.4 Å². The molecule has 0 saturated heterocycles. The molecule has 0 saturated carbocycles. The Morgan fingerprint density at radius 1 is 0.724 bits per heavy atom. The molecule has 0 aliphatic carbocycles. The predicted molar refractivity (Wildman–Crippen MR) is 129 cm³/mol. The standard InChI is InChI=1S/C25H20N2.C2H6/c1-3-19-18-24(22-16-10-11-17-23(22)25(19)26-2)27(20-12-6-4-7-13-20)21-14-8-5-9-15-21;1-2/h3-18H,1-2H2;1-2H3. The summed E-state index contributed by atoms with van der Waals surface area (Å²) in [5, 5.41) is 2.19. The lowest BCUT2D eigenvalue weighted by molar-refractivity contribution is 1.29. The van der Waals surface area contributed by atoms with Crippen LogP contribution in [0, 0.1) is 0 Å². The second-order valence-electron chi connectivity index (χ2n) is 6.25. The van der Waals surface area contributed by atoms with Gasteiger partial charge in [-0.05, 0) is 37.0 Å². The summed E-state index contributed by atoms with van der Waals surface area (Å²) < 4.78 is 0. The first-order chi connectivity index (χ1) is 14.3. The molecule has 0 amide bonds. The number of hydrogen-bond acceptors (Lipinski definition) is 2. The summed E-state index contributed by atoms with van der Waals surface area (Å²) in [6.07, 6.45) is 1.84. The van der Waals surface area contributed by atoms with Crippen molar-refractivity contribution in [1.29, 1.82) is 0 Å². The molecule has 29 heavy (non-hydrogen) atoms. The van der Waals surface area contributed by atoms with Gasteiger partial charge in [-0.25, -0.2) is 0 Å². The molecule has 0 aliphatic rings.